The van der Waals surface area contributed by atoms with Crippen LogP contribution in [0.2, 0.25) is 0 Å². The third-order valence-corrected chi connectivity index (χ3v) is 6.28. The van der Waals surface area contributed by atoms with Crippen molar-refractivity contribution in [2.24, 2.45) is 0 Å². The Kier molecular flexibility index (Phi) is 7.55. The number of carboxylic acids is 1. The number of nitrogens with one attached hydrogen (secondary N) is 5. The number of hydrazine groups is 3. The molecule has 1 aromatic carbocycles. The minimum Gasteiger partial charge on any atom is -0.481 e. The first-order chi connectivity index (χ1) is 17.3. The number of hydrogen-bond acceptors (Lipinski definition) is 9. The van der Waals surface area contributed by atoms with E-state index in [1.807, 2.05) is 0 Å². The molecule has 14 heteroatoms. The Bertz CT molecular complexity index is 1070. The lowest BCUT2D eigenvalue weighted by molar-refractivity contribution is -0.176. The molecule has 0 unspecified atom stereocenters. The molecule has 4 rings (SSSR count). The number of aliphatic carboxylic acids is 1. The number of fused-ring (bicyclic) bond motifs is 2. The van der Waals surface area contributed by atoms with E-state index in [9.17, 15) is 24.0 Å². The zero-order valence-electron chi connectivity index (χ0n) is 19.7. The summed E-state index contributed by atoms with van der Waals surface area (Å²) in [5, 5.41) is 16.9. The summed E-state index contributed by atoms with van der Waals surface area (Å²) in [6.45, 7) is 0.239. The van der Waals surface area contributed by atoms with Crippen LogP contribution in [0.25, 0.3) is 0 Å². The van der Waals surface area contributed by atoms with E-state index in [4.69, 9.17) is 9.84 Å². The van der Waals surface area contributed by atoms with Crippen LogP contribution in [-0.4, -0.2) is 83.1 Å². The molecular formula is C22H29N7O7. The summed E-state index contributed by atoms with van der Waals surface area (Å²) in [5.41, 5.74) is 10.2. The molecule has 0 bridgehead atoms. The highest BCUT2D eigenvalue weighted by Gasteiger charge is 2.45. The van der Waals surface area contributed by atoms with Gasteiger partial charge in [0.25, 0.3) is 11.8 Å². The summed E-state index contributed by atoms with van der Waals surface area (Å²) in [5.74, 6) is -3.08. The van der Waals surface area contributed by atoms with Gasteiger partial charge in [-0.3, -0.25) is 29.0 Å². The molecule has 36 heavy (non-hydrogen) atoms. The molecular weight excluding hydrogens is 474 g/mol. The van der Waals surface area contributed by atoms with Crippen molar-refractivity contribution in [3.05, 3.63) is 23.8 Å². The predicted octanol–water partition coefficient (Wildman–Crippen LogP) is -0.824. The number of methoxy groups -OCH3 is 1. The van der Waals surface area contributed by atoms with E-state index in [0.717, 1.165) is 10.7 Å². The number of amides is 4. The number of hydrogen-bond donors (Lipinski definition) is 6. The minimum atomic E-state index is -1.11. The molecule has 6 N–H and O–H groups in total. The Morgan fingerprint density at radius 2 is 1.97 bits per heavy atom. The molecule has 194 valence electrons. The molecule has 4 amide bonds. The van der Waals surface area contributed by atoms with E-state index in [2.05, 4.69) is 27.0 Å². The van der Waals surface area contributed by atoms with Crippen LogP contribution < -0.4 is 27.0 Å². The number of carboxylic acid groups (broad SMARTS) is 1. The molecule has 3 heterocycles. The topological polar surface area (TPSA) is 181 Å². The van der Waals surface area contributed by atoms with Gasteiger partial charge in [0.1, 0.15) is 12.1 Å². The molecule has 0 saturated carbocycles. The highest BCUT2D eigenvalue weighted by atomic mass is 16.5. The zero-order chi connectivity index (χ0) is 25.8. The monoisotopic (exact) mass is 503 g/mol. The van der Waals surface area contributed by atoms with E-state index in [1.165, 1.54) is 12.1 Å². The van der Waals surface area contributed by atoms with Crippen molar-refractivity contribution in [1.29, 1.82) is 0 Å². The Morgan fingerprint density at radius 1 is 1.19 bits per heavy atom. The van der Waals surface area contributed by atoms with Crippen molar-refractivity contribution in [3.8, 4) is 0 Å². The third kappa shape index (κ3) is 5.33. The van der Waals surface area contributed by atoms with Gasteiger partial charge in [-0.2, -0.15) is 0 Å². The van der Waals surface area contributed by atoms with Gasteiger partial charge in [-0.1, -0.05) is 0 Å². The summed E-state index contributed by atoms with van der Waals surface area (Å²) in [6, 6.07) is 2.07. The number of ether oxygens (including phenoxy) is 1. The predicted molar refractivity (Wildman–Crippen MR) is 125 cm³/mol. The van der Waals surface area contributed by atoms with Gasteiger partial charge in [0.2, 0.25) is 11.8 Å². The quantitative estimate of drug-likeness (QED) is 0.262. The maximum atomic E-state index is 13.6. The van der Waals surface area contributed by atoms with Crippen LogP contribution in [0, 0.1) is 0 Å². The van der Waals surface area contributed by atoms with E-state index < -0.39 is 41.8 Å². The van der Waals surface area contributed by atoms with Crippen LogP contribution >= 0.6 is 0 Å². The van der Waals surface area contributed by atoms with Crippen molar-refractivity contribution in [2.75, 3.05) is 31.1 Å². The second kappa shape index (κ2) is 10.8. The molecule has 3 atom stereocenters. The van der Waals surface area contributed by atoms with E-state index in [-0.39, 0.29) is 44.7 Å². The second-order valence-electron chi connectivity index (χ2n) is 8.82. The van der Waals surface area contributed by atoms with Crippen LogP contribution in [0.5, 0.6) is 0 Å². The molecule has 14 nitrogen and oxygen atoms in total. The number of carbonyl (C=O) groups is 5. The highest BCUT2D eigenvalue weighted by Crippen LogP contribution is 2.27. The maximum Gasteiger partial charge on any atom is 0.305 e. The van der Waals surface area contributed by atoms with Gasteiger partial charge in [-0.25, -0.2) is 5.01 Å². The fourth-order valence-corrected chi connectivity index (χ4v) is 4.57. The van der Waals surface area contributed by atoms with Gasteiger partial charge in [0.05, 0.1) is 30.4 Å². The average molecular weight is 504 g/mol. The van der Waals surface area contributed by atoms with E-state index in [1.54, 1.807) is 18.2 Å². The first kappa shape index (κ1) is 25.2. The summed E-state index contributed by atoms with van der Waals surface area (Å²) >= 11 is 0. The summed E-state index contributed by atoms with van der Waals surface area (Å²) in [4.78, 5) is 63.7. The number of carbonyl (C=O) groups excluding carboxylic acids is 4. The molecule has 2 saturated heterocycles. The van der Waals surface area contributed by atoms with Crippen LogP contribution in [0.1, 0.15) is 42.5 Å². The second-order valence-corrected chi connectivity index (χ2v) is 8.82. The zero-order valence-corrected chi connectivity index (χ0v) is 19.7. The highest BCUT2D eigenvalue weighted by molar-refractivity contribution is 6.01. The largest absolute Gasteiger partial charge is 0.481 e. The summed E-state index contributed by atoms with van der Waals surface area (Å²) < 4.78 is 5.01. The SMILES string of the molecule is COC[C@H](CC(=O)O)NC(=O)[C@@H]1CCCN2C(=O)CC[C@H](NC(=O)c3ccc4c(c3)NNN4)C(=O)N12. The van der Waals surface area contributed by atoms with Crippen LogP contribution in [-0.2, 0) is 23.9 Å². The summed E-state index contributed by atoms with van der Waals surface area (Å²) in [7, 11) is 1.39. The Hall–Kier alpha value is -3.91. The van der Waals surface area contributed by atoms with Gasteiger partial charge in [-0.05, 0) is 37.5 Å². The molecule has 0 aliphatic carbocycles. The Labute approximate surface area is 206 Å². The number of rotatable bonds is 8. The van der Waals surface area contributed by atoms with E-state index in [0.29, 0.717) is 17.7 Å². The summed E-state index contributed by atoms with van der Waals surface area (Å²) in [6.07, 6.45) is 0.519. The molecule has 0 radical (unpaired) electrons. The molecule has 0 spiro atoms. The lowest BCUT2D eigenvalue weighted by Gasteiger charge is -2.43. The Balaban J connectivity index is 1.52. The average Bonchev–Trinajstić information content (AvgIpc) is 3.28. The lowest BCUT2D eigenvalue weighted by Crippen LogP contribution is -2.64. The first-order valence-corrected chi connectivity index (χ1v) is 11.6. The third-order valence-electron chi connectivity index (χ3n) is 6.28. The van der Waals surface area contributed by atoms with Crippen LogP contribution in [0.3, 0.4) is 0 Å². The van der Waals surface area contributed by atoms with Gasteiger partial charge in [0.15, 0.2) is 0 Å². The number of anilines is 2. The van der Waals surface area contributed by atoms with Crippen LogP contribution in [0.4, 0.5) is 11.4 Å². The van der Waals surface area contributed by atoms with Crippen molar-refractivity contribution in [2.45, 2.75) is 50.2 Å². The van der Waals surface area contributed by atoms with Gasteiger partial charge < -0.3 is 31.3 Å². The van der Waals surface area contributed by atoms with Crippen molar-refractivity contribution in [3.63, 3.8) is 0 Å². The molecule has 3 aliphatic rings. The van der Waals surface area contributed by atoms with Gasteiger partial charge in [-0.15, -0.1) is 5.53 Å². The first-order valence-electron chi connectivity index (χ1n) is 11.6. The van der Waals surface area contributed by atoms with E-state index >= 15 is 0 Å². The standard InChI is InChI=1S/C22H29N7O7/c1-36-11-13(10-19(31)32)23-21(34)17-3-2-8-28-18(30)7-6-15(22(35)29(17)28)24-20(33)12-4-5-14-16(9-12)26-27-25-14/h4-5,9,13,15,17,25-27H,2-3,6-8,10-11H2,1H3,(H,23,34)(H,24,33)(H,31,32)/t13-,15-,17-/m0/s1. The molecule has 3 aliphatic heterocycles. The molecule has 2 fully saturated rings. The molecule has 1 aromatic rings. The maximum absolute atomic E-state index is 13.6. The smallest absolute Gasteiger partial charge is 0.305 e. The van der Waals surface area contributed by atoms with Gasteiger partial charge >= 0.3 is 5.97 Å². The molecule has 0 aromatic heterocycles. The normalized spacial score (nSPS) is 21.9. The van der Waals surface area contributed by atoms with Crippen molar-refractivity contribution in [1.82, 2.24) is 26.2 Å². The number of benzene rings is 1. The van der Waals surface area contributed by atoms with Crippen molar-refractivity contribution < 1.29 is 33.8 Å². The minimum absolute atomic E-state index is 0.0203. The Morgan fingerprint density at radius 3 is 2.72 bits per heavy atom. The van der Waals surface area contributed by atoms with Crippen LogP contribution in [0.15, 0.2) is 18.2 Å². The number of nitrogens with zero attached hydrogens (tertiary/aromatic N) is 2. The lowest BCUT2D eigenvalue weighted by atomic mass is 10.0. The van der Waals surface area contributed by atoms with Gasteiger partial charge in [0, 0.05) is 25.6 Å². The fraction of sp³-hybridized carbons (Fsp3) is 0.500. The fourth-order valence-electron chi connectivity index (χ4n) is 4.57. The van der Waals surface area contributed by atoms with Crippen molar-refractivity contribution >= 4 is 41.0 Å².